The third-order valence-corrected chi connectivity index (χ3v) is 2.50. The minimum absolute atomic E-state index is 0.0702. The highest BCUT2D eigenvalue weighted by Crippen LogP contribution is 2.16. The van der Waals surface area contributed by atoms with Gasteiger partial charge in [-0.3, -0.25) is 4.79 Å². The number of benzene rings is 1. The Labute approximate surface area is 108 Å². The molecule has 0 fully saturated rings. The first kappa shape index (κ1) is 14.5. The largest absolute Gasteiger partial charge is 0.496 e. The fourth-order valence-corrected chi connectivity index (χ4v) is 1.46. The molecule has 100 valence electrons. The summed E-state index contributed by atoms with van der Waals surface area (Å²) < 4.78 is 10.3. The molecule has 1 rings (SSSR count). The van der Waals surface area contributed by atoms with Crippen LogP contribution in [0, 0.1) is 5.92 Å². The fraction of sp³-hybridized carbons (Fsp3) is 0.500. The highest BCUT2D eigenvalue weighted by Gasteiger charge is 2.07. The molecule has 0 radical (unpaired) electrons. The highest BCUT2D eigenvalue weighted by atomic mass is 16.5. The molecule has 18 heavy (non-hydrogen) atoms. The average molecular weight is 251 g/mol. The molecule has 0 aliphatic rings. The lowest BCUT2D eigenvalue weighted by molar-refractivity contribution is -0.147. The molecule has 4 heteroatoms. The van der Waals surface area contributed by atoms with Gasteiger partial charge in [-0.05, 0) is 6.07 Å². The second-order valence-electron chi connectivity index (χ2n) is 4.31. The van der Waals surface area contributed by atoms with Crippen molar-refractivity contribution in [2.24, 2.45) is 5.92 Å². The summed E-state index contributed by atoms with van der Waals surface area (Å²) in [5.41, 5.74) is 1.09. The van der Waals surface area contributed by atoms with Crippen LogP contribution in [0.25, 0.3) is 0 Å². The molecule has 0 aliphatic carbocycles. The van der Waals surface area contributed by atoms with Crippen molar-refractivity contribution in [1.29, 1.82) is 0 Å². The maximum atomic E-state index is 11.2. The summed E-state index contributed by atoms with van der Waals surface area (Å²) in [5.74, 6) is 0.637. The molecular formula is C14H21NO3. The van der Waals surface area contributed by atoms with E-state index in [2.05, 4.69) is 5.32 Å². The molecule has 4 nitrogen and oxygen atoms in total. The second-order valence-corrected chi connectivity index (χ2v) is 4.31. The van der Waals surface area contributed by atoms with Crippen molar-refractivity contribution >= 4 is 5.97 Å². The number of ether oxygens (including phenoxy) is 2. The first-order valence-electron chi connectivity index (χ1n) is 6.14. The van der Waals surface area contributed by atoms with Crippen LogP contribution in [0.4, 0.5) is 0 Å². The topological polar surface area (TPSA) is 47.6 Å². The number of para-hydroxylation sites is 1. The van der Waals surface area contributed by atoms with Crippen molar-refractivity contribution in [2.45, 2.75) is 20.4 Å². The van der Waals surface area contributed by atoms with E-state index >= 15 is 0 Å². The van der Waals surface area contributed by atoms with Crippen molar-refractivity contribution in [1.82, 2.24) is 5.32 Å². The van der Waals surface area contributed by atoms with Crippen LogP contribution in [0.1, 0.15) is 19.4 Å². The number of nitrogens with one attached hydrogen (secondary N) is 1. The molecule has 0 aliphatic heterocycles. The maximum Gasteiger partial charge on any atom is 0.308 e. The molecule has 0 aromatic heterocycles. The Kier molecular flexibility index (Phi) is 6.22. The third-order valence-electron chi connectivity index (χ3n) is 2.50. The molecule has 1 aromatic carbocycles. The van der Waals surface area contributed by atoms with Gasteiger partial charge in [0.15, 0.2) is 0 Å². The van der Waals surface area contributed by atoms with Crippen LogP contribution in [0.3, 0.4) is 0 Å². The van der Waals surface area contributed by atoms with Crippen molar-refractivity contribution in [2.75, 3.05) is 20.3 Å². The van der Waals surface area contributed by atoms with Gasteiger partial charge in [-0.15, -0.1) is 0 Å². The number of rotatable bonds is 7. The SMILES string of the molecule is COc1ccccc1CNCCOC(=O)C(C)C. The summed E-state index contributed by atoms with van der Waals surface area (Å²) in [5, 5.41) is 3.21. The summed E-state index contributed by atoms with van der Waals surface area (Å²) in [7, 11) is 1.66. The van der Waals surface area contributed by atoms with Crippen molar-refractivity contribution < 1.29 is 14.3 Å². The molecule has 1 aromatic rings. The Morgan fingerprint density at radius 2 is 2.06 bits per heavy atom. The molecule has 0 spiro atoms. The summed E-state index contributed by atoms with van der Waals surface area (Å²) in [6, 6.07) is 7.84. The lowest BCUT2D eigenvalue weighted by atomic mass is 10.2. The van der Waals surface area contributed by atoms with Crippen LogP contribution in [0.15, 0.2) is 24.3 Å². The molecule has 0 saturated heterocycles. The van der Waals surface area contributed by atoms with Gasteiger partial charge in [0.2, 0.25) is 0 Å². The summed E-state index contributed by atoms with van der Waals surface area (Å²) in [6.07, 6.45) is 0. The Morgan fingerprint density at radius 3 is 2.72 bits per heavy atom. The Hall–Kier alpha value is -1.55. The van der Waals surface area contributed by atoms with Crippen molar-refractivity contribution in [3.8, 4) is 5.75 Å². The minimum atomic E-state index is -0.158. The Bertz CT molecular complexity index is 377. The van der Waals surface area contributed by atoms with Crippen LogP contribution >= 0.6 is 0 Å². The van der Waals surface area contributed by atoms with Crippen LogP contribution in [-0.4, -0.2) is 26.2 Å². The summed E-state index contributed by atoms with van der Waals surface area (Å²) in [4.78, 5) is 11.2. The number of esters is 1. The molecular weight excluding hydrogens is 230 g/mol. The number of carbonyl (C=O) groups is 1. The lowest BCUT2D eigenvalue weighted by Crippen LogP contribution is -2.22. The van der Waals surface area contributed by atoms with Gasteiger partial charge >= 0.3 is 5.97 Å². The third kappa shape index (κ3) is 4.75. The first-order chi connectivity index (χ1) is 8.65. The van der Waals surface area contributed by atoms with Crippen molar-refractivity contribution in [3.63, 3.8) is 0 Å². The van der Waals surface area contributed by atoms with Crippen LogP contribution in [0.5, 0.6) is 5.75 Å². The van der Waals surface area contributed by atoms with Gasteiger partial charge in [-0.25, -0.2) is 0 Å². The number of methoxy groups -OCH3 is 1. The average Bonchev–Trinajstić information content (AvgIpc) is 2.38. The molecule has 0 amide bonds. The van der Waals surface area contributed by atoms with Crippen LogP contribution in [0.2, 0.25) is 0 Å². The van der Waals surface area contributed by atoms with Gasteiger partial charge in [0.05, 0.1) is 13.0 Å². The normalized spacial score (nSPS) is 10.4. The monoisotopic (exact) mass is 251 g/mol. The van der Waals surface area contributed by atoms with E-state index in [-0.39, 0.29) is 11.9 Å². The summed E-state index contributed by atoms with van der Waals surface area (Å²) in [6.45, 7) is 5.38. The van der Waals surface area contributed by atoms with Gasteiger partial charge < -0.3 is 14.8 Å². The van der Waals surface area contributed by atoms with Crippen molar-refractivity contribution in [3.05, 3.63) is 29.8 Å². The highest BCUT2D eigenvalue weighted by molar-refractivity contribution is 5.71. The van der Waals surface area contributed by atoms with E-state index in [0.29, 0.717) is 19.7 Å². The zero-order valence-corrected chi connectivity index (χ0v) is 11.2. The molecule has 0 saturated carbocycles. The van der Waals surface area contributed by atoms with E-state index in [9.17, 15) is 4.79 Å². The van der Waals surface area contributed by atoms with Gasteiger partial charge in [-0.2, -0.15) is 0 Å². The number of hydrogen-bond acceptors (Lipinski definition) is 4. The fourth-order valence-electron chi connectivity index (χ4n) is 1.46. The molecule has 0 atom stereocenters. The van der Waals surface area contributed by atoms with Gasteiger partial charge in [-0.1, -0.05) is 32.0 Å². The lowest BCUT2D eigenvalue weighted by Gasteiger charge is -2.10. The van der Waals surface area contributed by atoms with Gasteiger partial charge in [0.25, 0.3) is 0 Å². The van der Waals surface area contributed by atoms with E-state index in [1.54, 1.807) is 7.11 Å². The maximum absolute atomic E-state index is 11.2. The summed E-state index contributed by atoms with van der Waals surface area (Å²) >= 11 is 0. The minimum Gasteiger partial charge on any atom is -0.496 e. The van der Waals surface area contributed by atoms with E-state index < -0.39 is 0 Å². The van der Waals surface area contributed by atoms with Gasteiger partial charge in [0.1, 0.15) is 12.4 Å². The van der Waals surface area contributed by atoms with E-state index in [1.807, 2.05) is 38.1 Å². The standard InChI is InChI=1S/C14H21NO3/c1-11(2)14(16)18-9-8-15-10-12-6-4-5-7-13(12)17-3/h4-7,11,15H,8-10H2,1-3H3. The number of hydrogen-bond donors (Lipinski definition) is 1. The second kappa shape index (κ2) is 7.71. The predicted octanol–water partition coefficient (Wildman–Crippen LogP) is 1.98. The van der Waals surface area contributed by atoms with E-state index in [0.717, 1.165) is 11.3 Å². The first-order valence-corrected chi connectivity index (χ1v) is 6.14. The predicted molar refractivity (Wildman–Crippen MR) is 70.5 cm³/mol. The Balaban J connectivity index is 2.24. The van der Waals surface area contributed by atoms with Crippen LogP contribution < -0.4 is 10.1 Å². The zero-order valence-electron chi connectivity index (χ0n) is 11.2. The van der Waals surface area contributed by atoms with Crippen LogP contribution in [-0.2, 0) is 16.1 Å². The van der Waals surface area contributed by atoms with E-state index in [4.69, 9.17) is 9.47 Å². The van der Waals surface area contributed by atoms with E-state index in [1.165, 1.54) is 0 Å². The Morgan fingerprint density at radius 1 is 1.33 bits per heavy atom. The molecule has 0 unspecified atom stereocenters. The smallest absolute Gasteiger partial charge is 0.308 e. The quantitative estimate of drug-likeness (QED) is 0.594. The molecule has 0 heterocycles. The van der Waals surface area contributed by atoms with Gasteiger partial charge in [0, 0.05) is 18.7 Å². The number of carbonyl (C=O) groups excluding carboxylic acids is 1. The molecule has 0 bridgehead atoms. The zero-order chi connectivity index (χ0) is 13.4. The molecule has 1 N–H and O–H groups in total.